The number of hydrogen-bond acceptors (Lipinski definition) is 2. The first-order valence-electron chi connectivity index (χ1n) is 5.68. The molecule has 2 rings (SSSR count). The lowest BCUT2D eigenvalue weighted by Crippen LogP contribution is -2.37. The molecular weight excluding hydrogens is 184 g/mol. The molecule has 1 aliphatic heterocycles. The molecule has 0 spiro atoms. The minimum atomic E-state index is 0.336. The van der Waals surface area contributed by atoms with Crippen LogP contribution in [0.1, 0.15) is 32.3 Å². The Labute approximate surface area is 92.1 Å². The van der Waals surface area contributed by atoms with Crippen molar-refractivity contribution in [3.63, 3.8) is 0 Å². The van der Waals surface area contributed by atoms with Crippen molar-refractivity contribution in [2.45, 2.75) is 38.8 Å². The number of hydrogen-bond donors (Lipinski definition) is 1. The fourth-order valence-corrected chi connectivity index (χ4v) is 2.34. The van der Waals surface area contributed by atoms with Gasteiger partial charge in [0.15, 0.2) is 0 Å². The Morgan fingerprint density at radius 3 is 2.67 bits per heavy atom. The molecule has 1 aromatic rings. The second-order valence-electron chi connectivity index (χ2n) is 5.04. The Morgan fingerprint density at radius 2 is 2.07 bits per heavy atom. The van der Waals surface area contributed by atoms with Gasteiger partial charge in [0.25, 0.3) is 0 Å². The fraction of sp³-hybridized carbons (Fsp3) is 0.538. The SMILES string of the molecule is CC1(C)CCCN1Cc1ccccc1N. The minimum Gasteiger partial charge on any atom is -0.398 e. The van der Waals surface area contributed by atoms with Crippen LogP contribution in [0.3, 0.4) is 0 Å². The molecule has 0 saturated carbocycles. The van der Waals surface area contributed by atoms with E-state index in [1.807, 2.05) is 12.1 Å². The number of para-hydroxylation sites is 1. The van der Waals surface area contributed by atoms with E-state index in [9.17, 15) is 0 Å². The van der Waals surface area contributed by atoms with Gasteiger partial charge in [0.1, 0.15) is 0 Å². The summed E-state index contributed by atoms with van der Waals surface area (Å²) >= 11 is 0. The number of nitrogens with zero attached hydrogens (tertiary/aromatic N) is 1. The van der Waals surface area contributed by atoms with Crippen molar-refractivity contribution in [2.24, 2.45) is 0 Å². The van der Waals surface area contributed by atoms with Gasteiger partial charge in [-0.1, -0.05) is 18.2 Å². The molecule has 15 heavy (non-hydrogen) atoms. The van der Waals surface area contributed by atoms with E-state index in [0.29, 0.717) is 5.54 Å². The molecule has 1 aromatic carbocycles. The van der Waals surface area contributed by atoms with Gasteiger partial charge in [-0.25, -0.2) is 0 Å². The Bertz CT molecular complexity index is 344. The lowest BCUT2D eigenvalue weighted by molar-refractivity contribution is 0.167. The van der Waals surface area contributed by atoms with Gasteiger partial charge in [-0.3, -0.25) is 4.90 Å². The van der Waals surface area contributed by atoms with Gasteiger partial charge in [0.05, 0.1) is 0 Å². The van der Waals surface area contributed by atoms with Crippen LogP contribution in [0.25, 0.3) is 0 Å². The van der Waals surface area contributed by atoms with E-state index in [1.165, 1.54) is 24.9 Å². The second-order valence-corrected chi connectivity index (χ2v) is 5.04. The van der Waals surface area contributed by atoms with Crippen LogP contribution < -0.4 is 5.73 Å². The Hall–Kier alpha value is -1.02. The van der Waals surface area contributed by atoms with Gasteiger partial charge >= 0.3 is 0 Å². The monoisotopic (exact) mass is 204 g/mol. The third kappa shape index (κ3) is 2.15. The molecule has 2 heteroatoms. The first kappa shape index (κ1) is 10.5. The smallest absolute Gasteiger partial charge is 0.0359 e. The highest BCUT2D eigenvalue weighted by atomic mass is 15.2. The van der Waals surface area contributed by atoms with Gasteiger partial charge in [0.2, 0.25) is 0 Å². The predicted molar refractivity (Wildman–Crippen MR) is 64.6 cm³/mol. The third-order valence-corrected chi connectivity index (χ3v) is 3.49. The van der Waals surface area contributed by atoms with Gasteiger partial charge in [0, 0.05) is 17.8 Å². The highest BCUT2D eigenvalue weighted by molar-refractivity contribution is 5.46. The summed E-state index contributed by atoms with van der Waals surface area (Å²) in [5.41, 5.74) is 8.47. The van der Waals surface area contributed by atoms with Gasteiger partial charge in [-0.05, 0) is 44.9 Å². The lowest BCUT2D eigenvalue weighted by atomic mass is 10.0. The summed E-state index contributed by atoms with van der Waals surface area (Å²) in [5, 5.41) is 0. The number of anilines is 1. The van der Waals surface area contributed by atoms with Crippen LogP contribution in [-0.4, -0.2) is 17.0 Å². The summed E-state index contributed by atoms with van der Waals surface area (Å²) in [7, 11) is 0. The maximum absolute atomic E-state index is 5.96. The molecule has 2 nitrogen and oxygen atoms in total. The molecule has 0 aliphatic carbocycles. The normalized spacial score (nSPS) is 20.7. The second kappa shape index (κ2) is 3.86. The van der Waals surface area contributed by atoms with E-state index < -0.39 is 0 Å². The van der Waals surface area contributed by atoms with Crippen LogP contribution in [0, 0.1) is 0 Å². The quantitative estimate of drug-likeness (QED) is 0.750. The first-order valence-corrected chi connectivity index (χ1v) is 5.68. The van der Waals surface area contributed by atoms with Crippen LogP contribution in [-0.2, 0) is 6.54 Å². The average molecular weight is 204 g/mol. The van der Waals surface area contributed by atoms with Crippen molar-refractivity contribution < 1.29 is 0 Å². The zero-order valence-electron chi connectivity index (χ0n) is 9.66. The van der Waals surface area contributed by atoms with E-state index in [4.69, 9.17) is 5.73 Å². The molecule has 0 atom stereocenters. The van der Waals surface area contributed by atoms with Crippen LogP contribution in [0.5, 0.6) is 0 Å². The van der Waals surface area contributed by atoms with Crippen molar-refractivity contribution in [3.05, 3.63) is 29.8 Å². The first-order chi connectivity index (χ1) is 7.09. The van der Waals surface area contributed by atoms with Crippen LogP contribution in [0.15, 0.2) is 24.3 Å². The molecule has 1 fully saturated rings. The zero-order valence-corrected chi connectivity index (χ0v) is 9.66. The molecule has 0 aromatic heterocycles. The molecule has 1 heterocycles. The van der Waals surface area contributed by atoms with Gasteiger partial charge in [-0.15, -0.1) is 0 Å². The van der Waals surface area contributed by atoms with Crippen molar-refractivity contribution in [1.29, 1.82) is 0 Å². The Balaban J connectivity index is 2.12. The van der Waals surface area contributed by atoms with E-state index in [1.54, 1.807) is 0 Å². The Kier molecular flexibility index (Phi) is 2.70. The molecular formula is C13H20N2. The topological polar surface area (TPSA) is 29.3 Å². The molecule has 0 amide bonds. The lowest BCUT2D eigenvalue weighted by Gasteiger charge is -2.31. The minimum absolute atomic E-state index is 0.336. The molecule has 1 aliphatic rings. The summed E-state index contributed by atoms with van der Waals surface area (Å²) in [6, 6.07) is 8.17. The zero-order chi connectivity index (χ0) is 10.9. The highest BCUT2D eigenvalue weighted by Gasteiger charge is 2.31. The number of rotatable bonds is 2. The van der Waals surface area contributed by atoms with Gasteiger partial charge < -0.3 is 5.73 Å². The summed E-state index contributed by atoms with van der Waals surface area (Å²) < 4.78 is 0. The molecule has 0 unspecified atom stereocenters. The van der Waals surface area contributed by atoms with Crippen molar-refractivity contribution in [1.82, 2.24) is 4.90 Å². The standard InChI is InChI=1S/C13H20N2/c1-13(2)8-5-9-15(13)10-11-6-3-4-7-12(11)14/h3-4,6-7H,5,8-10,14H2,1-2H3. The number of nitrogen functional groups attached to an aromatic ring is 1. The molecule has 0 radical (unpaired) electrons. The van der Waals surface area contributed by atoms with E-state index in [0.717, 1.165) is 12.2 Å². The maximum atomic E-state index is 5.96. The van der Waals surface area contributed by atoms with E-state index in [-0.39, 0.29) is 0 Å². The Morgan fingerprint density at radius 1 is 1.33 bits per heavy atom. The summed E-state index contributed by atoms with van der Waals surface area (Å²) in [4.78, 5) is 2.53. The van der Waals surface area contributed by atoms with E-state index in [2.05, 4.69) is 30.9 Å². The van der Waals surface area contributed by atoms with Crippen LogP contribution in [0.2, 0.25) is 0 Å². The largest absolute Gasteiger partial charge is 0.398 e. The molecule has 82 valence electrons. The highest BCUT2D eigenvalue weighted by Crippen LogP contribution is 2.30. The van der Waals surface area contributed by atoms with Crippen molar-refractivity contribution >= 4 is 5.69 Å². The van der Waals surface area contributed by atoms with Crippen molar-refractivity contribution in [2.75, 3.05) is 12.3 Å². The van der Waals surface area contributed by atoms with E-state index >= 15 is 0 Å². The number of benzene rings is 1. The van der Waals surface area contributed by atoms with Crippen LogP contribution >= 0.6 is 0 Å². The molecule has 1 saturated heterocycles. The average Bonchev–Trinajstić information content (AvgIpc) is 2.50. The summed E-state index contributed by atoms with van der Waals surface area (Å²) in [6.45, 7) is 6.82. The molecule has 2 N–H and O–H groups in total. The summed E-state index contributed by atoms with van der Waals surface area (Å²) in [6.07, 6.45) is 2.60. The maximum Gasteiger partial charge on any atom is 0.0359 e. The molecule has 0 bridgehead atoms. The van der Waals surface area contributed by atoms with Crippen molar-refractivity contribution in [3.8, 4) is 0 Å². The fourth-order valence-electron chi connectivity index (χ4n) is 2.34. The number of nitrogens with two attached hydrogens (primary N) is 1. The third-order valence-electron chi connectivity index (χ3n) is 3.49. The summed E-state index contributed by atoms with van der Waals surface area (Å²) in [5.74, 6) is 0. The number of likely N-dealkylation sites (tertiary alicyclic amines) is 1. The van der Waals surface area contributed by atoms with Gasteiger partial charge in [-0.2, -0.15) is 0 Å². The van der Waals surface area contributed by atoms with Crippen LogP contribution in [0.4, 0.5) is 5.69 Å². The predicted octanol–water partition coefficient (Wildman–Crippen LogP) is 2.64.